The van der Waals surface area contributed by atoms with Crippen molar-refractivity contribution < 1.29 is 9.53 Å². The fraction of sp³-hybridized carbons (Fsp3) is 0.286. The van der Waals surface area contributed by atoms with Crippen molar-refractivity contribution >= 4 is 5.91 Å². The van der Waals surface area contributed by atoms with E-state index in [4.69, 9.17) is 4.74 Å². The molecule has 124 valence electrons. The molecule has 1 unspecified atom stereocenters. The fourth-order valence-electron chi connectivity index (χ4n) is 3.38. The highest BCUT2D eigenvalue weighted by Crippen LogP contribution is 2.36. The Balaban J connectivity index is 1.79. The quantitative estimate of drug-likeness (QED) is 0.842. The maximum Gasteiger partial charge on any atom is 0.255 e. The van der Waals surface area contributed by atoms with E-state index in [1.807, 2.05) is 24.3 Å². The molecule has 3 heteroatoms. The zero-order chi connectivity index (χ0) is 16.8. The van der Waals surface area contributed by atoms with E-state index in [0.717, 1.165) is 19.3 Å². The lowest BCUT2D eigenvalue weighted by Gasteiger charge is -2.36. The molecular weight excluding hydrogens is 298 g/mol. The summed E-state index contributed by atoms with van der Waals surface area (Å²) in [5.74, 6) is 0.518. The summed E-state index contributed by atoms with van der Waals surface area (Å²) in [6.45, 7) is 0.623. The first-order valence-electron chi connectivity index (χ1n) is 8.37. The van der Waals surface area contributed by atoms with E-state index in [9.17, 15) is 4.79 Å². The molecule has 24 heavy (non-hydrogen) atoms. The zero-order valence-electron chi connectivity index (χ0n) is 14.0. The lowest BCUT2D eigenvalue weighted by molar-refractivity contribution is 0.0938. The van der Waals surface area contributed by atoms with Crippen molar-refractivity contribution in [2.45, 2.75) is 24.7 Å². The number of rotatable bonds is 5. The second-order valence-corrected chi connectivity index (χ2v) is 6.24. The molecule has 1 aliphatic rings. The van der Waals surface area contributed by atoms with Gasteiger partial charge in [0.2, 0.25) is 0 Å². The van der Waals surface area contributed by atoms with Crippen molar-refractivity contribution in [1.29, 1.82) is 0 Å². The van der Waals surface area contributed by atoms with Crippen LogP contribution < -0.4 is 10.1 Å². The number of hydrogen-bond acceptors (Lipinski definition) is 2. The van der Waals surface area contributed by atoms with Gasteiger partial charge in [-0.3, -0.25) is 4.79 Å². The van der Waals surface area contributed by atoms with Crippen LogP contribution in [0.5, 0.6) is 5.75 Å². The Labute approximate surface area is 143 Å². The van der Waals surface area contributed by atoms with Crippen LogP contribution in [0.2, 0.25) is 0 Å². The zero-order valence-corrected chi connectivity index (χ0v) is 14.0. The number of benzene rings is 2. The van der Waals surface area contributed by atoms with Crippen molar-refractivity contribution in [1.82, 2.24) is 5.32 Å². The summed E-state index contributed by atoms with van der Waals surface area (Å²) in [5.41, 5.74) is 1.83. The molecule has 2 aromatic rings. The second kappa shape index (κ2) is 7.35. The third-order valence-electron chi connectivity index (χ3n) is 4.79. The first-order valence-corrected chi connectivity index (χ1v) is 8.37. The Hall–Kier alpha value is -2.55. The predicted molar refractivity (Wildman–Crippen MR) is 96.4 cm³/mol. The van der Waals surface area contributed by atoms with Crippen LogP contribution in [0.1, 0.15) is 35.2 Å². The summed E-state index contributed by atoms with van der Waals surface area (Å²) < 4.78 is 5.30. The summed E-state index contributed by atoms with van der Waals surface area (Å²) in [4.78, 5) is 12.6. The third kappa shape index (κ3) is 3.35. The Kier molecular flexibility index (Phi) is 4.99. The number of carbonyl (C=O) groups excluding carboxylic acids is 1. The lowest BCUT2D eigenvalue weighted by atomic mass is 9.71. The van der Waals surface area contributed by atoms with Crippen molar-refractivity contribution in [3.63, 3.8) is 0 Å². The molecule has 0 aromatic heterocycles. The van der Waals surface area contributed by atoms with Gasteiger partial charge >= 0.3 is 0 Å². The summed E-state index contributed by atoms with van der Waals surface area (Å²) >= 11 is 0. The standard InChI is InChI=1S/C21H23NO2/c1-24-19-13-7-6-12-18(19)20(23)22-16-21(14-8-3-9-15-21)17-10-4-2-5-11-17/h2-8,10-13H,9,14-16H2,1H3,(H,22,23). The molecule has 1 aliphatic carbocycles. The van der Waals surface area contributed by atoms with Gasteiger partial charge in [-0.05, 0) is 37.0 Å². The van der Waals surface area contributed by atoms with Gasteiger partial charge in [-0.1, -0.05) is 54.6 Å². The molecule has 0 bridgehead atoms. The first-order chi connectivity index (χ1) is 11.7. The van der Waals surface area contributed by atoms with Crippen LogP contribution in [0.4, 0.5) is 0 Å². The van der Waals surface area contributed by atoms with Crippen LogP contribution in [-0.4, -0.2) is 19.6 Å². The van der Waals surface area contributed by atoms with Gasteiger partial charge in [-0.25, -0.2) is 0 Å². The molecular formula is C21H23NO2. The number of nitrogens with one attached hydrogen (secondary N) is 1. The van der Waals surface area contributed by atoms with E-state index in [1.54, 1.807) is 13.2 Å². The van der Waals surface area contributed by atoms with Gasteiger partial charge in [0, 0.05) is 12.0 Å². The molecule has 1 amide bonds. The number of ether oxygens (including phenoxy) is 1. The highest BCUT2D eigenvalue weighted by atomic mass is 16.5. The normalized spacial score (nSPS) is 19.7. The SMILES string of the molecule is COc1ccccc1C(=O)NCC1(c2ccccc2)CC=CCC1. The van der Waals surface area contributed by atoms with E-state index >= 15 is 0 Å². The minimum Gasteiger partial charge on any atom is -0.496 e. The molecule has 3 rings (SSSR count). The van der Waals surface area contributed by atoms with Crippen molar-refractivity contribution in [2.24, 2.45) is 0 Å². The van der Waals surface area contributed by atoms with Crippen LogP contribution in [0.25, 0.3) is 0 Å². The van der Waals surface area contributed by atoms with E-state index in [2.05, 4.69) is 41.7 Å². The van der Waals surface area contributed by atoms with Gasteiger partial charge in [-0.15, -0.1) is 0 Å². The summed E-state index contributed by atoms with van der Waals surface area (Å²) in [7, 11) is 1.59. The molecule has 0 spiro atoms. The van der Waals surface area contributed by atoms with Gasteiger partial charge in [-0.2, -0.15) is 0 Å². The highest BCUT2D eigenvalue weighted by Gasteiger charge is 2.32. The molecule has 0 aliphatic heterocycles. The second-order valence-electron chi connectivity index (χ2n) is 6.24. The number of amides is 1. The van der Waals surface area contributed by atoms with Crippen molar-refractivity contribution in [3.05, 3.63) is 77.9 Å². The van der Waals surface area contributed by atoms with Gasteiger partial charge in [0.25, 0.3) is 5.91 Å². The van der Waals surface area contributed by atoms with Crippen LogP contribution in [-0.2, 0) is 5.41 Å². The van der Waals surface area contributed by atoms with E-state index < -0.39 is 0 Å². The van der Waals surface area contributed by atoms with E-state index in [-0.39, 0.29) is 11.3 Å². The van der Waals surface area contributed by atoms with E-state index in [1.165, 1.54) is 5.56 Å². The molecule has 1 N–H and O–H groups in total. The monoisotopic (exact) mass is 321 g/mol. The summed E-state index contributed by atoms with van der Waals surface area (Å²) in [5, 5.41) is 3.13. The maximum atomic E-state index is 12.6. The third-order valence-corrected chi connectivity index (χ3v) is 4.79. The van der Waals surface area contributed by atoms with Crippen LogP contribution in [0.15, 0.2) is 66.7 Å². The minimum atomic E-state index is -0.0858. The Morgan fingerprint density at radius 2 is 1.83 bits per heavy atom. The van der Waals surface area contributed by atoms with Crippen LogP contribution in [0, 0.1) is 0 Å². The Morgan fingerprint density at radius 3 is 2.54 bits per heavy atom. The summed E-state index contributed by atoms with van der Waals surface area (Å²) in [6, 6.07) is 17.8. The topological polar surface area (TPSA) is 38.3 Å². The lowest BCUT2D eigenvalue weighted by Crippen LogP contribution is -2.41. The molecule has 0 heterocycles. The molecule has 0 saturated carbocycles. The number of carbonyl (C=O) groups is 1. The smallest absolute Gasteiger partial charge is 0.255 e. The van der Waals surface area contributed by atoms with Crippen LogP contribution in [0.3, 0.4) is 0 Å². The van der Waals surface area contributed by atoms with Gasteiger partial charge in [0.1, 0.15) is 5.75 Å². The molecule has 2 aromatic carbocycles. The number of allylic oxidation sites excluding steroid dienone is 2. The number of methoxy groups -OCH3 is 1. The fourth-order valence-corrected chi connectivity index (χ4v) is 3.38. The largest absolute Gasteiger partial charge is 0.496 e. The molecule has 3 nitrogen and oxygen atoms in total. The van der Waals surface area contributed by atoms with Crippen molar-refractivity contribution in [2.75, 3.05) is 13.7 Å². The Bertz CT molecular complexity index is 724. The number of hydrogen-bond donors (Lipinski definition) is 1. The average molecular weight is 321 g/mol. The average Bonchev–Trinajstić information content (AvgIpc) is 2.67. The molecule has 0 fully saturated rings. The van der Waals surface area contributed by atoms with Gasteiger partial charge in [0.15, 0.2) is 0 Å². The molecule has 0 radical (unpaired) electrons. The highest BCUT2D eigenvalue weighted by molar-refractivity contribution is 5.96. The molecule has 1 atom stereocenters. The predicted octanol–water partition coefficient (Wildman–Crippen LogP) is 4.10. The minimum absolute atomic E-state index is 0.0340. The number of para-hydroxylation sites is 1. The van der Waals surface area contributed by atoms with E-state index in [0.29, 0.717) is 17.9 Å². The maximum absolute atomic E-state index is 12.6. The van der Waals surface area contributed by atoms with Gasteiger partial charge < -0.3 is 10.1 Å². The van der Waals surface area contributed by atoms with Crippen molar-refractivity contribution in [3.8, 4) is 5.75 Å². The first kappa shape index (κ1) is 16.3. The van der Waals surface area contributed by atoms with Gasteiger partial charge in [0.05, 0.1) is 12.7 Å². The summed E-state index contributed by atoms with van der Waals surface area (Å²) in [6.07, 6.45) is 7.48. The molecule has 0 saturated heterocycles. The Morgan fingerprint density at radius 1 is 1.08 bits per heavy atom. The van der Waals surface area contributed by atoms with Crippen LogP contribution >= 0.6 is 0 Å².